The summed E-state index contributed by atoms with van der Waals surface area (Å²) in [4.78, 5) is 4.25. The van der Waals surface area contributed by atoms with Gasteiger partial charge < -0.3 is 36.9 Å². The molecule has 0 spiro atoms. The van der Waals surface area contributed by atoms with Gasteiger partial charge in [-0.3, -0.25) is 0 Å². The zero-order valence-corrected chi connectivity index (χ0v) is 61.6. The molecule has 8 heterocycles. The second-order valence-corrected chi connectivity index (χ2v) is 32.2. The normalized spacial score (nSPS) is 16.4. The van der Waals surface area contributed by atoms with E-state index >= 15 is 0 Å². The Bertz CT molecular complexity index is 8870. The predicted molar refractivity (Wildman–Crippen MR) is 468 cm³/mol. The lowest BCUT2D eigenvalue weighted by Gasteiger charge is -2.45. The maximum atomic E-state index is 9.86. The van der Waals surface area contributed by atoms with Gasteiger partial charge in [-0.15, -0.1) is 0 Å². The number of anilines is 6. The summed E-state index contributed by atoms with van der Waals surface area (Å²) in [6.07, 6.45) is 0. The molecule has 111 heavy (non-hydrogen) atoms. The van der Waals surface area contributed by atoms with Gasteiger partial charge in [-0.2, -0.15) is 0 Å². The molecule has 21 aromatic rings. The Morgan fingerprint density at radius 2 is 0.559 bits per heavy atom. The van der Waals surface area contributed by atoms with E-state index in [1.807, 2.05) is 60.7 Å². The lowest BCUT2D eigenvalue weighted by Crippen LogP contribution is -2.61. The highest BCUT2D eigenvalue weighted by Gasteiger charge is 2.46. The molecule has 0 atom stereocenters. The lowest BCUT2D eigenvalue weighted by atomic mass is 9.33. The third-order valence-electron chi connectivity index (χ3n) is 22.9. The van der Waals surface area contributed by atoms with Crippen LogP contribution in [0.4, 0.5) is 34.1 Å². The lowest BCUT2D eigenvalue weighted by molar-refractivity contribution is 0.590. The van der Waals surface area contributed by atoms with Gasteiger partial charge in [0.25, 0.3) is 6.71 Å². The van der Waals surface area contributed by atoms with Crippen molar-refractivity contribution in [1.82, 2.24) is 18.3 Å². The molecule has 0 saturated heterocycles. The van der Waals surface area contributed by atoms with E-state index in [9.17, 15) is 19.2 Å². The van der Waals surface area contributed by atoms with Crippen LogP contribution in [0.25, 0.3) is 154 Å². The van der Waals surface area contributed by atoms with Crippen molar-refractivity contribution in [3.05, 3.63) is 319 Å². The van der Waals surface area contributed by atoms with Crippen LogP contribution in [0.5, 0.6) is 0 Å². The first-order valence-electron chi connectivity index (χ1n) is 49.0. The standard InChI is InChI=1S/C102H77BN6O2/c1-100(2,3)60-46-52-85-75(54-60)76-55-61(101(4,5)6)47-53-86(76)105(85)64-49-51-78-92(59-64)109(90-45-25-35-74-72-33-23-43-88(97(72)111-99(74)90)107-83-40-20-14-30-69(83)70-31-15-21-41-84(70)107)94-57-62(102(7,8)9)56-93-95(94)103(78)77-50-48-63(104-79-36-16-10-26-65(79)66-27-11-17-37-80(66)104)58-91(77)108(93)89-44-24-34-73-71-32-22-42-87(96(71)110-98(73)89)106-81-38-18-12-28-67(81)68-29-13-19-39-82(68)106/h10-59H,1-9H3/i10D,11D,12D,13D,14D,15D,16D,17D,18D,19D,20D,21D,26D,27D,28D,29D,30D,31D,36D,37D,38D,39D,40D,41D. The molecule has 0 fully saturated rings. The maximum Gasteiger partial charge on any atom is 0.252 e. The zero-order chi connectivity index (χ0) is 95.3. The molecule has 0 radical (unpaired) electrons. The average Bonchev–Trinajstić information content (AvgIpc) is 1.67. The fraction of sp³-hybridized carbons (Fsp3) is 0.118. The third kappa shape index (κ3) is 9.00. The second kappa shape index (κ2) is 22.7. The Labute approximate surface area is 676 Å². The van der Waals surface area contributed by atoms with E-state index in [-0.39, 0.29) is 110 Å². The van der Waals surface area contributed by atoms with Crippen molar-refractivity contribution in [3.8, 4) is 22.7 Å². The predicted octanol–water partition coefficient (Wildman–Crippen LogP) is 25.8. The third-order valence-corrected chi connectivity index (χ3v) is 22.9. The monoisotopic (exact) mass is 1450 g/mol. The zero-order valence-electron chi connectivity index (χ0n) is 85.6. The number of furan rings is 2. The first kappa shape index (κ1) is 44.3. The summed E-state index contributed by atoms with van der Waals surface area (Å²) in [6, 6.07) is 38.0. The smallest absolute Gasteiger partial charge is 0.252 e. The van der Waals surface area contributed by atoms with Crippen LogP contribution in [0.2, 0.25) is 0 Å². The molecule has 0 aliphatic carbocycles. The molecular formula is C102H77BN6O2. The van der Waals surface area contributed by atoms with E-state index in [1.54, 1.807) is 30.3 Å². The van der Waals surface area contributed by atoms with Gasteiger partial charge in [0, 0.05) is 98.8 Å². The van der Waals surface area contributed by atoms with Crippen molar-refractivity contribution in [3.63, 3.8) is 0 Å². The number of benzene rings is 15. The van der Waals surface area contributed by atoms with Crippen LogP contribution in [0, 0.1) is 0 Å². The molecule has 0 bridgehead atoms. The summed E-state index contributed by atoms with van der Waals surface area (Å²) < 4.78 is 246. The minimum atomic E-state index is -0.800. The van der Waals surface area contributed by atoms with Crippen molar-refractivity contribution in [1.29, 1.82) is 0 Å². The van der Waals surface area contributed by atoms with E-state index in [1.165, 1.54) is 13.7 Å². The minimum Gasteiger partial charge on any atom is -0.452 e. The van der Waals surface area contributed by atoms with E-state index < -0.39 is 157 Å². The Hall–Kier alpha value is -13.2. The van der Waals surface area contributed by atoms with Gasteiger partial charge in [-0.05, 0) is 171 Å². The maximum absolute atomic E-state index is 9.86. The SMILES string of the molecule is [2H]c1c([2H])c([2H])c2c(c1[2H])c1c([2H])c([2H])c([2H])c([2H])c1n2-c1ccc2c(c1)N(c1cccc3c1oc1c(-n4c5c([2H])c([2H])c([2H])c([2H])c5c5c([2H])c([2H])c([2H])c([2H])c54)cccc13)c1cc(C(C)(C)C)cc3c1B2c1ccc(-n2c4ccc(C(C)(C)C)cc4c4cc(C(C)(C)C)ccc42)cc1N3c1cccc2c1oc1c(-n3c4c([2H])c([2H])c([2H])c([2H])c4c4c([2H])c([2H])c([2H])c([2H])c43)cccc12. The quantitative estimate of drug-likeness (QED) is 0.156. The molecule has 0 saturated carbocycles. The molecular weight excluding hydrogens is 1350 g/mol. The van der Waals surface area contributed by atoms with E-state index in [0.29, 0.717) is 66.7 Å². The number of fused-ring (bicyclic) bond motifs is 22. The number of hydrogen-bond acceptors (Lipinski definition) is 4. The number of rotatable bonds is 6. The summed E-state index contributed by atoms with van der Waals surface area (Å²) in [7, 11) is 0. The minimum absolute atomic E-state index is 0.105. The Kier molecular flexibility index (Phi) is 9.05. The van der Waals surface area contributed by atoms with Crippen LogP contribution < -0.4 is 26.2 Å². The van der Waals surface area contributed by atoms with E-state index in [4.69, 9.17) is 22.5 Å². The molecule has 2 aliphatic heterocycles. The van der Waals surface area contributed by atoms with Crippen LogP contribution in [0.1, 0.15) is 112 Å². The molecule has 23 rings (SSSR count). The summed E-state index contributed by atoms with van der Waals surface area (Å²) in [5, 5.41) is 3.35. The van der Waals surface area contributed by atoms with Crippen molar-refractivity contribution in [2.24, 2.45) is 0 Å². The fourth-order valence-electron chi connectivity index (χ4n) is 17.7. The summed E-state index contributed by atoms with van der Waals surface area (Å²) in [5.41, 5.74) is 10.4. The molecule has 0 amide bonds. The topological polar surface area (TPSA) is 52.5 Å². The highest BCUT2D eigenvalue weighted by atomic mass is 16.3. The number of hydrogen-bond donors (Lipinski definition) is 0. The number of para-hydroxylation sites is 10. The molecule has 6 aromatic heterocycles. The summed E-state index contributed by atoms with van der Waals surface area (Å²) >= 11 is 0. The van der Waals surface area contributed by atoms with E-state index in [2.05, 4.69) is 143 Å². The molecule has 15 aromatic carbocycles. The van der Waals surface area contributed by atoms with Gasteiger partial charge in [-0.25, -0.2) is 0 Å². The highest BCUT2D eigenvalue weighted by Crippen LogP contribution is 2.53. The molecule has 0 unspecified atom stereocenters. The van der Waals surface area contributed by atoms with Gasteiger partial charge in [0.2, 0.25) is 0 Å². The van der Waals surface area contributed by atoms with Crippen LogP contribution >= 0.6 is 0 Å². The molecule has 530 valence electrons. The van der Waals surface area contributed by atoms with Crippen LogP contribution in [-0.4, -0.2) is 25.0 Å². The fourth-order valence-corrected chi connectivity index (χ4v) is 17.7. The summed E-state index contributed by atoms with van der Waals surface area (Å²) in [6.45, 7) is 18.6. The van der Waals surface area contributed by atoms with Crippen LogP contribution in [-0.2, 0) is 16.2 Å². The molecule has 0 N–H and O–H groups in total. The average molecular weight is 1450 g/mol. The van der Waals surface area contributed by atoms with Gasteiger partial charge in [0.15, 0.2) is 22.3 Å². The van der Waals surface area contributed by atoms with Gasteiger partial charge >= 0.3 is 0 Å². The van der Waals surface area contributed by atoms with Crippen molar-refractivity contribution < 1.29 is 41.7 Å². The largest absolute Gasteiger partial charge is 0.452 e. The number of nitrogens with zero attached hydrogens (tertiary/aromatic N) is 6. The van der Waals surface area contributed by atoms with Gasteiger partial charge in [0.1, 0.15) is 0 Å². The van der Waals surface area contributed by atoms with Crippen LogP contribution in [0.3, 0.4) is 0 Å². The van der Waals surface area contributed by atoms with E-state index in [0.717, 1.165) is 55.1 Å². The molecule has 9 heteroatoms. The Morgan fingerprint density at radius 1 is 0.252 bits per heavy atom. The van der Waals surface area contributed by atoms with Crippen molar-refractivity contribution in [2.75, 3.05) is 9.80 Å². The molecule has 2 aliphatic rings. The molecule has 8 nitrogen and oxygen atoms in total. The van der Waals surface area contributed by atoms with Crippen LogP contribution in [0.15, 0.2) is 312 Å². The second-order valence-electron chi connectivity index (χ2n) is 32.2. The first-order valence-corrected chi connectivity index (χ1v) is 37.0. The van der Waals surface area contributed by atoms with Crippen molar-refractivity contribution in [2.45, 2.75) is 78.6 Å². The van der Waals surface area contributed by atoms with Gasteiger partial charge in [-0.1, -0.05) is 244 Å². The number of aromatic nitrogens is 4. The first-order chi connectivity index (χ1) is 64.0. The Morgan fingerprint density at radius 3 is 0.901 bits per heavy atom. The van der Waals surface area contributed by atoms with Gasteiger partial charge in [0.05, 0.1) is 99.8 Å². The van der Waals surface area contributed by atoms with Crippen molar-refractivity contribution >= 4 is 188 Å². The Balaban J connectivity index is 0.866. The summed E-state index contributed by atoms with van der Waals surface area (Å²) in [5.74, 6) is 0. The highest BCUT2D eigenvalue weighted by molar-refractivity contribution is 7.00.